The molecule has 180 valence electrons. The van der Waals surface area contributed by atoms with Crippen LogP contribution in [0.3, 0.4) is 0 Å². The molecule has 2 N–H and O–H groups in total. The zero-order chi connectivity index (χ0) is 23.8. The van der Waals surface area contributed by atoms with Crippen LogP contribution in [-0.2, 0) is 14.4 Å². The Morgan fingerprint density at radius 3 is 2.59 bits per heavy atom. The molecule has 1 spiro atoms. The van der Waals surface area contributed by atoms with E-state index in [9.17, 15) is 24.6 Å². The maximum Gasteiger partial charge on any atom is 0.308 e. The van der Waals surface area contributed by atoms with Crippen LogP contribution in [0.2, 0.25) is 0 Å². The van der Waals surface area contributed by atoms with Crippen LogP contribution in [0.25, 0.3) is 0 Å². The maximum atomic E-state index is 14.2. The third kappa shape index (κ3) is 3.98. The van der Waals surface area contributed by atoms with Crippen LogP contribution < -0.4 is 0 Å². The molecule has 0 saturated carbocycles. The van der Waals surface area contributed by atoms with Gasteiger partial charge in [-0.1, -0.05) is 33.3 Å². The van der Waals surface area contributed by atoms with E-state index in [1.807, 2.05) is 20.8 Å². The molecule has 8 heteroatoms. The van der Waals surface area contributed by atoms with E-state index in [0.29, 0.717) is 25.8 Å². The van der Waals surface area contributed by atoms with Crippen molar-refractivity contribution in [3.8, 4) is 0 Å². The minimum atomic E-state index is -0.956. The molecule has 0 aromatic carbocycles. The average Bonchev–Trinajstić information content (AvgIpc) is 3.37. The number of hydrogen-bond donors (Lipinski definition) is 2. The minimum absolute atomic E-state index is 0.0190. The summed E-state index contributed by atoms with van der Waals surface area (Å²) in [6, 6.07) is -1.28. The summed E-state index contributed by atoms with van der Waals surface area (Å²) in [6.07, 6.45) is 5.37. The molecule has 3 unspecified atom stereocenters. The fourth-order valence-electron chi connectivity index (χ4n) is 6.22. The molecule has 0 aromatic rings. The summed E-state index contributed by atoms with van der Waals surface area (Å²) in [6.45, 7) is 12.1. The summed E-state index contributed by atoms with van der Waals surface area (Å²) in [7, 11) is 0. The number of aliphatic carboxylic acids is 1. The van der Waals surface area contributed by atoms with Crippen LogP contribution in [0.4, 0.5) is 0 Å². The minimum Gasteiger partial charge on any atom is -0.481 e. The summed E-state index contributed by atoms with van der Waals surface area (Å²) in [5.41, 5.74) is 0. The lowest BCUT2D eigenvalue weighted by atomic mass is 9.71. The summed E-state index contributed by atoms with van der Waals surface area (Å²) in [5, 5.41) is 20.1. The number of carbonyl (C=O) groups is 3. The zero-order valence-corrected chi connectivity index (χ0v) is 20.5. The molecular weight excluding hydrogens is 428 g/mol. The van der Waals surface area contributed by atoms with Crippen LogP contribution in [0.15, 0.2) is 12.7 Å². The van der Waals surface area contributed by atoms with Gasteiger partial charge in [0.15, 0.2) is 0 Å². The molecule has 32 heavy (non-hydrogen) atoms. The van der Waals surface area contributed by atoms with Gasteiger partial charge in [0.25, 0.3) is 0 Å². The molecule has 3 saturated heterocycles. The fraction of sp³-hybridized carbons (Fsp3) is 0.792. The SMILES string of the molecule is C=CCN(C(=O)C1N([C@@H](CO)CC(C)C)C(=O)[C@@H]2[C@H](C(=O)O)[C@@H]3CCC12S3)C(C)CCC. The van der Waals surface area contributed by atoms with Crippen LogP contribution in [0.5, 0.6) is 0 Å². The number of carboxylic acid groups (broad SMARTS) is 1. The predicted molar refractivity (Wildman–Crippen MR) is 125 cm³/mol. The summed E-state index contributed by atoms with van der Waals surface area (Å²) in [4.78, 5) is 43.5. The van der Waals surface area contributed by atoms with E-state index in [4.69, 9.17) is 0 Å². The second-order valence-corrected chi connectivity index (χ2v) is 11.6. The van der Waals surface area contributed by atoms with Gasteiger partial charge in [0.1, 0.15) is 6.04 Å². The number of hydrogen-bond acceptors (Lipinski definition) is 5. The topological polar surface area (TPSA) is 98.2 Å². The molecule has 2 bridgehead atoms. The number of thioether (sulfide) groups is 1. The van der Waals surface area contributed by atoms with Crippen molar-refractivity contribution in [3.05, 3.63) is 12.7 Å². The van der Waals surface area contributed by atoms with Crippen molar-refractivity contribution in [3.63, 3.8) is 0 Å². The highest BCUT2D eigenvalue weighted by molar-refractivity contribution is 8.02. The van der Waals surface area contributed by atoms with Gasteiger partial charge in [0, 0.05) is 17.8 Å². The van der Waals surface area contributed by atoms with E-state index >= 15 is 0 Å². The zero-order valence-electron chi connectivity index (χ0n) is 19.7. The van der Waals surface area contributed by atoms with Crippen molar-refractivity contribution in [2.45, 2.75) is 87.9 Å². The van der Waals surface area contributed by atoms with Crippen molar-refractivity contribution in [2.24, 2.45) is 17.8 Å². The normalized spacial score (nSPS) is 32.8. The van der Waals surface area contributed by atoms with Crippen LogP contribution >= 0.6 is 11.8 Å². The Bertz CT molecular complexity index is 759. The third-order valence-electron chi connectivity index (χ3n) is 7.45. The molecule has 0 aromatic heterocycles. The highest BCUT2D eigenvalue weighted by Gasteiger charge is 2.74. The Labute approximate surface area is 195 Å². The van der Waals surface area contributed by atoms with Crippen molar-refractivity contribution in [1.82, 2.24) is 9.80 Å². The monoisotopic (exact) mass is 466 g/mol. The van der Waals surface area contributed by atoms with Gasteiger partial charge in [-0.15, -0.1) is 18.3 Å². The van der Waals surface area contributed by atoms with Gasteiger partial charge in [-0.05, 0) is 38.5 Å². The first kappa shape index (κ1) is 25.1. The lowest BCUT2D eigenvalue weighted by Crippen LogP contribution is -2.59. The smallest absolute Gasteiger partial charge is 0.308 e. The van der Waals surface area contributed by atoms with Crippen molar-refractivity contribution < 1.29 is 24.6 Å². The number of carbonyl (C=O) groups excluding carboxylic acids is 2. The van der Waals surface area contributed by atoms with Crippen molar-refractivity contribution >= 4 is 29.5 Å². The Hall–Kier alpha value is -1.54. The Balaban J connectivity index is 2.09. The van der Waals surface area contributed by atoms with Crippen LogP contribution in [0, 0.1) is 17.8 Å². The standard InChI is InChI=1S/C24H38N2O5S/c1-6-8-15(5)25(11-7-2)22(29)20-24-10-9-17(32-24)18(23(30)31)19(24)21(28)26(20)16(13-27)12-14(3)4/h7,14-20,27H,2,6,8-13H2,1,3-5H3,(H,30,31)/t15?,16-,17+,18-,19+,20?,24?/m1/s1. The van der Waals surface area contributed by atoms with Gasteiger partial charge in [0.05, 0.1) is 29.2 Å². The molecule has 3 rings (SSSR count). The van der Waals surface area contributed by atoms with Gasteiger partial charge in [0.2, 0.25) is 11.8 Å². The molecule has 7 nitrogen and oxygen atoms in total. The van der Waals surface area contributed by atoms with Crippen LogP contribution in [0.1, 0.15) is 59.8 Å². The maximum absolute atomic E-state index is 14.2. The lowest BCUT2D eigenvalue weighted by molar-refractivity contribution is -0.150. The first-order valence-corrected chi connectivity index (χ1v) is 12.8. The largest absolute Gasteiger partial charge is 0.481 e. The second-order valence-electron chi connectivity index (χ2n) is 10.0. The Kier molecular flexibility index (Phi) is 7.65. The molecular formula is C24H38N2O5S. The highest BCUT2D eigenvalue weighted by Crippen LogP contribution is 2.66. The number of carboxylic acids is 1. The van der Waals surface area contributed by atoms with E-state index < -0.39 is 34.6 Å². The number of aliphatic hydroxyl groups is 1. The molecule has 3 fully saturated rings. The molecule has 3 aliphatic rings. The van der Waals surface area contributed by atoms with Crippen molar-refractivity contribution in [2.75, 3.05) is 13.2 Å². The summed E-state index contributed by atoms with van der Waals surface area (Å²) in [5.74, 6) is -2.64. The van der Waals surface area contributed by atoms with Crippen LogP contribution in [-0.4, -0.2) is 79.1 Å². The van der Waals surface area contributed by atoms with Gasteiger partial charge in [-0.2, -0.15) is 0 Å². The summed E-state index contributed by atoms with van der Waals surface area (Å²) < 4.78 is -0.738. The Morgan fingerprint density at radius 2 is 2.06 bits per heavy atom. The molecule has 3 aliphatic heterocycles. The first-order valence-electron chi connectivity index (χ1n) is 11.9. The molecule has 3 heterocycles. The van der Waals surface area contributed by atoms with E-state index in [1.54, 1.807) is 15.9 Å². The number of nitrogens with zero attached hydrogens (tertiary/aromatic N) is 2. The number of amides is 2. The number of rotatable bonds is 11. The van der Waals surface area contributed by atoms with E-state index in [0.717, 1.165) is 12.8 Å². The molecule has 2 amide bonds. The summed E-state index contributed by atoms with van der Waals surface area (Å²) >= 11 is 1.54. The van der Waals surface area contributed by atoms with Crippen molar-refractivity contribution in [1.29, 1.82) is 0 Å². The number of fused-ring (bicyclic) bond motifs is 1. The molecule has 0 aliphatic carbocycles. The second kappa shape index (κ2) is 9.75. The number of likely N-dealkylation sites (tertiary alicyclic amines) is 1. The first-order chi connectivity index (χ1) is 15.1. The Morgan fingerprint density at radius 1 is 1.38 bits per heavy atom. The predicted octanol–water partition coefficient (Wildman–Crippen LogP) is 2.77. The van der Waals surface area contributed by atoms with Gasteiger partial charge in [-0.25, -0.2) is 0 Å². The van der Waals surface area contributed by atoms with Gasteiger partial charge >= 0.3 is 5.97 Å². The van der Waals surface area contributed by atoms with E-state index in [2.05, 4.69) is 13.5 Å². The lowest BCUT2D eigenvalue weighted by Gasteiger charge is -2.41. The van der Waals surface area contributed by atoms with E-state index in [-0.39, 0.29) is 35.6 Å². The molecule has 7 atom stereocenters. The third-order valence-corrected chi connectivity index (χ3v) is 9.40. The number of aliphatic hydroxyl groups excluding tert-OH is 1. The quantitative estimate of drug-likeness (QED) is 0.455. The van der Waals surface area contributed by atoms with E-state index in [1.165, 1.54) is 11.8 Å². The average molecular weight is 467 g/mol. The van der Waals surface area contributed by atoms with Gasteiger partial charge < -0.3 is 20.0 Å². The molecule has 0 radical (unpaired) electrons. The highest BCUT2D eigenvalue weighted by atomic mass is 32.2. The van der Waals surface area contributed by atoms with Gasteiger partial charge in [-0.3, -0.25) is 14.4 Å². The fourth-order valence-corrected chi connectivity index (χ4v) is 8.41.